The van der Waals surface area contributed by atoms with Crippen LogP contribution >= 0.6 is 0 Å². The first-order chi connectivity index (χ1) is 9.40. The summed E-state index contributed by atoms with van der Waals surface area (Å²) in [5.41, 5.74) is 0.302. The first kappa shape index (κ1) is 14.3. The molecule has 0 aliphatic carbocycles. The van der Waals surface area contributed by atoms with Crippen molar-refractivity contribution in [3.63, 3.8) is 0 Å². The van der Waals surface area contributed by atoms with Crippen LogP contribution in [0.15, 0.2) is 43.0 Å². The van der Waals surface area contributed by atoms with E-state index in [0.717, 1.165) is 0 Å². The minimum absolute atomic E-state index is 0.150. The van der Waals surface area contributed by atoms with Crippen molar-refractivity contribution >= 4 is 5.91 Å². The largest absolute Gasteiger partial charge is 0.478 e. The molecule has 0 radical (unpaired) electrons. The van der Waals surface area contributed by atoms with Gasteiger partial charge in [0.25, 0.3) is 5.91 Å². The minimum Gasteiger partial charge on any atom is -0.478 e. The third kappa shape index (κ3) is 3.07. The van der Waals surface area contributed by atoms with Crippen LogP contribution < -0.4 is 4.74 Å². The van der Waals surface area contributed by atoms with Crippen molar-refractivity contribution in [2.24, 2.45) is 0 Å². The van der Waals surface area contributed by atoms with Crippen LogP contribution in [0, 0.1) is 0 Å². The fourth-order valence-corrected chi connectivity index (χ4v) is 1.95. The molecule has 4 nitrogen and oxygen atoms in total. The topological polar surface area (TPSA) is 44.1 Å². The molecule has 0 amide bonds. The maximum absolute atomic E-state index is 12.3. The molecule has 1 heterocycles. The van der Waals surface area contributed by atoms with Crippen molar-refractivity contribution in [3.8, 4) is 5.75 Å². The molecule has 0 aliphatic rings. The number of carbonyl (C=O) groups is 1. The second-order valence-electron chi connectivity index (χ2n) is 5.61. The monoisotopic (exact) mass is 272 g/mol. The molecule has 0 atom stereocenters. The first-order valence-electron chi connectivity index (χ1n) is 6.72. The van der Waals surface area contributed by atoms with Crippen molar-refractivity contribution in [1.29, 1.82) is 0 Å². The molecule has 0 saturated carbocycles. The van der Waals surface area contributed by atoms with Crippen molar-refractivity contribution in [2.45, 2.75) is 39.2 Å². The van der Waals surface area contributed by atoms with Gasteiger partial charge in [0.05, 0.1) is 0 Å². The van der Waals surface area contributed by atoms with E-state index in [2.05, 4.69) is 18.8 Å². The smallest absolute Gasteiger partial charge is 0.275 e. The van der Waals surface area contributed by atoms with Gasteiger partial charge >= 0.3 is 0 Å². The number of benzene rings is 1. The van der Waals surface area contributed by atoms with E-state index in [1.54, 1.807) is 26.2 Å². The van der Waals surface area contributed by atoms with Gasteiger partial charge in [-0.1, -0.05) is 26.0 Å². The third-order valence-electron chi connectivity index (χ3n) is 3.17. The van der Waals surface area contributed by atoms with Gasteiger partial charge in [-0.15, -0.1) is 0 Å². The Hall–Kier alpha value is -2.10. The summed E-state index contributed by atoms with van der Waals surface area (Å²) in [5.74, 6) is 1.01. The molecule has 1 aromatic heterocycles. The summed E-state index contributed by atoms with van der Waals surface area (Å²) >= 11 is 0. The molecular formula is C16H20N2O2. The molecule has 20 heavy (non-hydrogen) atoms. The van der Waals surface area contributed by atoms with Crippen LogP contribution in [-0.2, 0) is 0 Å². The Balaban J connectivity index is 2.13. The van der Waals surface area contributed by atoms with Crippen LogP contribution in [0.1, 0.15) is 44.0 Å². The molecule has 2 rings (SSSR count). The lowest BCUT2D eigenvalue weighted by Gasteiger charge is -2.25. The average Bonchev–Trinajstić information content (AvgIpc) is 2.91. The number of aromatic nitrogens is 2. The van der Waals surface area contributed by atoms with Gasteiger partial charge in [-0.2, -0.15) is 0 Å². The molecule has 106 valence electrons. The van der Waals surface area contributed by atoms with Gasteiger partial charge in [0.2, 0.25) is 0 Å². The standard InChI is InChI=1S/C16H20N2O2/c1-12(2)13-5-7-14(8-6-13)20-16(3,4)15(19)18-10-9-17-11-18/h5-12H,1-4H3. The number of imidazole rings is 1. The highest BCUT2D eigenvalue weighted by molar-refractivity contribution is 5.86. The fraction of sp³-hybridized carbons (Fsp3) is 0.375. The van der Waals surface area contributed by atoms with Crippen LogP contribution in [0.25, 0.3) is 0 Å². The summed E-state index contributed by atoms with van der Waals surface area (Å²) in [6, 6.07) is 7.85. The number of carbonyl (C=O) groups excluding carboxylic acids is 1. The maximum Gasteiger partial charge on any atom is 0.275 e. The van der Waals surface area contributed by atoms with Crippen LogP contribution in [-0.4, -0.2) is 21.1 Å². The van der Waals surface area contributed by atoms with E-state index >= 15 is 0 Å². The molecule has 0 fully saturated rings. The Morgan fingerprint density at radius 3 is 2.40 bits per heavy atom. The zero-order valence-corrected chi connectivity index (χ0v) is 12.3. The van der Waals surface area contributed by atoms with E-state index in [-0.39, 0.29) is 5.91 Å². The van der Waals surface area contributed by atoms with Gasteiger partial charge in [0, 0.05) is 12.4 Å². The third-order valence-corrected chi connectivity index (χ3v) is 3.17. The maximum atomic E-state index is 12.3. The summed E-state index contributed by atoms with van der Waals surface area (Å²) in [5, 5.41) is 0. The van der Waals surface area contributed by atoms with E-state index in [4.69, 9.17) is 4.74 Å². The number of ether oxygens (including phenoxy) is 1. The predicted octanol–water partition coefficient (Wildman–Crippen LogP) is 3.50. The quantitative estimate of drug-likeness (QED) is 0.855. The summed E-state index contributed by atoms with van der Waals surface area (Å²) < 4.78 is 7.26. The van der Waals surface area contributed by atoms with E-state index in [1.165, 1.54) is 16.5 Å². The number of hydrogen-bond acceptors (Lipinski definition) is 3. The molecule has 4 heteroatoms. The summed E-state index contributed by atoms with van der Waals surface area (Å²) in [7, 11) is 0. The molecule has 0 aliphatic heterocycles. The zero-order chi connectivity index (χ0) is 14.8. The number of nitrogens with zero attached hydrogens (tertiary/aromatic N) is 2. The normalized spacial score (nSPS) is 11.7. The molecule has 0 unspecified atom stereocenters. The highest BCUT2D eigenvalue weighted by Crippen LogP contribution is 2.23. The van der Waals surface area contributed by atoms with E-state index in [9.17, 15) is 4.79 Å². The summed E-state index contributed by atoms with van der Waals surface area (Å²) in [4.78, 5) is 16.2. The zero-order valence-electron chi connectivity index (χ0n) is 12.3. The second-order valence-corrected chi connectivity index (χ2v) is 5.61. The highest BCUT2D eigenvalue weighted by Gasteiger charge is 2.31. The van der Waals surface area contributed by atoms with Gasteiger partial charge in [-0.05, 0) is 37.5 Å². The molecule has 1 aromatic carbocycles. The van der Waals surface area contributed by atoms with Crippen molar-refractivity contribution < 1.29 is 9.53 Å². The molecule has 0 N–H and O–H groups in total. The van der Waals surface area contributed by atoms with Gasteiger partial charge in [0.15, 0.2) is 5.60 Å². The highest BCUT2D eigenvalue weighted by atomic mass is 16.5. The van der Waals surface area contributed by atoms with Gasteiger partial charge < -0.3 is 4.74 Å². The van der Waals surface area contributed by atoms with Crippen LogP contribution in [0.2, 0.25) is 0 Å². The van der Waals surface area contributed by atoms with Gasteiger partial charge in [-0.25, -0.2) is 4.98 Å². The lowest BCUT2D eigenvalue weighted by Crippen LogP contribution is -2.41. The Labute approximate surface area is 119 Å². The van der Waals surface area contributed by atoms with Crippen molar-refractivity contribution in [1.82, 2.24) is 9.55 Å². The predicted molar refractivity (Wildman–Crippen MR) is 78.1 cm³/mol. The Morgan fingerprint density at radius 1 is 1.25 bits per heavy atom. The molecule has 0 saturated heterocycles. The fourth-order valence-electron chi connectivity index (χ4n) is 1.95. The molecule has 0 bridgehead atoms. The Kier molecular flexibility index (Phi) is 3.93. The second kappa shape index (κ2) is 5.49. The SMILES string of the molecule is CC(C)c1ccc(OC(C)(C)C(=O)n2ccnc2)cc1. The van der Waals surface area contributed by atoms with Crippen molar-refractivity contribution in [3.05, 3.63) is 48.5 Å². The minimum atomic E-state index is -0.944. The summed E-state index contributed by atoms with van der Waals surface area (Å²) in [6.45, 7) is 7.79. The van der Waals surface area contributed by atoms with E-state index in [0.29, 0.717) is 11.7 Å². The number of rotatable bonds is 4. The van der Waals surface area contributed by atoms with Crippen LogP contribution in [0.4, 0.5) is 0 Å². The molecule has 2 aromatic rings. The van der Waals surface area contributed by atoms with Gasteiger partial charge in [0.1, 0.15) is 12.1 Å². The molecular weight excluding hydrogens is 252 g/mol. The summed E-state index contributed by atoms with van der Waals surface area (Å²) in [6.07, 6.45) is 4.68. The van der Waals surface area contributed by atoms with E-state index in [1.807, 2.05) is 24.3 Å². The van der Waals surface area contributed by atoms with Crippen LogP contribution in [0.3, 0.4) is 0 Å². The van der Waals surface area contributed by atoms with E-state index < -0.39 is 5.60 Å². The number of hydrogen-bond donors (Lipinski definition) is 0. The lowest BCUT2D eigenvalue weighted by atomic mass is 10.0. The Bertz CT molecular complexity index is 569. The Morgan fingerprint density at radius 2 is 1.90 bits per heavy atom. The first-order valence-corrected chi connectivity index (χ1v) is 6.72. The lowest BCUT2D eigenvalue weighted by molar-refractivity contribution is 0.0487. The average molecular weight is 272 g/mol. The molecule has 0 spiro atoms. The van der Waals surface area contributed by atoms with Gasteiger partial charge in [-0.3, -0.25) is 9.36 Å². The van der Waals surface area contributed by atoms with Crippen LogP contribution in [0.5, 0.6) is 5.75 Å². The van der Waals surface area contributed by atoms with Crippen molar-refractivity contribution in [2.75, 3.05) is 0 Å².